The molecular weight excluding hydrogens is 330 g/mol. The third-order valence-corrected chi connectivity index (χ3v) is 3.99. The van der Waals surface area contributed by atoms with Gasteiger partial charge in [-0.15, -0.1) is 0 Å². The maximum atomic E-state index is 5.50. The molecule has 0 fully saturated rings. The highest BCUT2D eigenvalue weighted by molar-refractivity contribution is 9.10. The fraction of sp³-hybridized carbons (Fsp3) is 0.294. The molecule has 2 rings (SSSR count). The largest absolute Gasteiger partial charge is 0.497 e. The topological polar surface area (TPSA) is 30.5 Å². The molecule has 0 aliphatic carbocycles. The van der Waals surface area contributed by atoms with Gasteiger partial charge in [0.2, 0.25) is 0 Å². The van der Waals surface area contributed by atoms with E-state index in [9.17, 15) is 0 Å². The van der Waals surface area contributed by atoms with Gasteiger partial charge in [-0.2, -0.15) is 0 Å². The van der Waals surface area contributed by atoms with Gasteiger partial charge < -0.3 is 14.8 Å². The number of benzene rings is 2. The van der Waals surface area contributed by atoms with Gasteiger partial charge in [-0.3, -0.25) is 0 Å². The highest BCUT2D eigenvalue weighted by atomic mass is 79.9. The van der Waals surface area contributed by atoms with Crippen LogP contribution in [0.25, 0.3) is 0 Å². The van der Waals surface area contributed by atoms with Crippen molar-refractivity contribution in [2.75, 3.05) is 21.3 Å². The average Bonchev–Trinajstić information content (AvgIpc) is 2.52. The Kier molecular flexibility index (Phi) is 5.65. The summed E-state index contributed by atoms with van der Waals surface area (Å²) >= 11 is 3.52. The number of likely N-dealkylation sites (N-methyl/N-ethyl adjacent to an activating group) is 1. The van der Waals surface area contributed by atoms with Crippen molar-refractivity contribution >= 4 is 15.9 Å². The van der Waals surface area contributed by atoms with Crippen molar-refractivity contribution in [3.05, 3.63) is 58.1 Å². The molecule has 3 nitrogen and oxygen atoms in total. The molecule has 0 radical (unpaired) electrons. The molecule has 0 aliphatic rings. The predicted octanol–water partition coefficient (Wildman–Crippen LogP) is 3.97. The highest BCUT2D eigenvalue weighted by Crippen LogP contribution is 2.31. The van der Waals surface area contributed by atoms with E-state index in [1.54, 1.807) is 14.2 Å². The van der Waals surface area contributed by atoms with Crippen molar-refractivity contribution in [1.82, 2.24) is 5.32 Å². The first-order chi connectivity index (χ1) is 10.2. The summed E-state index contributed by atoms with van der Waals surface area (Å²) < 4.78 is 11.8. The summed E-state index contributed by atoms with van der Waals surface area (Å²) in [5.41, 5.74) is 2.39. The normalized spacial score (nSPS) is 12.0. The van der Waals surface area contributed by atoms with Crippen LogP contribution in [0.2, 0.25) is 0 Å². The summed E-state index contributed by atoms with van der Waals surface area (Å²) in [4.78, 5) is 0. The maximum absolute atomic E-state index is 5.50. The van der Waals surface area contributed by atoms with E-state index in [2.05, 4.69) is 45.5 Å². The molecule has 0 saturated carbocycles. The molecule has 112 valence electrons. The molecule has 0 saturated heterocycles. The van der Waals surface area contributed by atoms with Crippen LogP contribution < -0.4 is 14.8 Å². The first-order valence-electron chi connectivity index (χ1n) is 6.81. The van der Waals surface area contributed by atoms with Gasteiger partial charge in [0, 0.05) is 22.1 Å². The molecule has 1 atom stereocenters. The summed E-state index contributed by atoms with van der Waals surface area (Å²) in [6, 6.07) is 14.5. The third-order valence-electron chi connectivity index (χ3n) is 3.49. The molecule has 0 amide bonds. The summed E-state index contributed by atoms with van der Waals surface area (Å²) in [5, 5.41) is 3.36. The van der Waals surface area contributed by atoms with Crippen molar-refractivity contribution in [3.8, 4) is 11.5 Å². The van der Waals surface area contributed by atoms with Gasteiger partial charge in [-0.25, -0.2) is 0 Å². The van der Waals surface area contributed by atoms with E-state index < -0.39 is 0 Å². The quantitative estimate of drug-likeness (QED) is 0.855. The van der Waals surface area contributed by atoms with Crippen LogP contribution in [0.4, 0.5) is 0 Å². The van der Waals surface area contributed by atoms with Gasteiger partial charge in [0.05, 0.1) is 14.2 Å². The van der Waals surface area contributed by atoms with Gasteiger partial charge >= 0.3 is 0 Å². The molecule has 2 aromatic carbocycles. The minimum atomic E-state index is 0.181. The van der Waals surface area contributed by atoms with Crippen molar-refractivity contribution in [2.45, 2.75) is 12.5 Å². The summed E-state index contributed by atoms with van der Waals surface area (Å²) in [7, 11) is 5.31. The number of nitrogens with one attached hydrogen (secondary N) is 1. The zero-order valence-electron chi connectivity index (χ0n) is 12.5. The smallest absolute Gasteiger partial charge is 0.127 e. The van der Waals surface area contributed by atoms with Crippen LogP contribution in [0.5, 0.6) is 11.5 Å². The Balaban J connectivity index is 2.28. The molecule has 4 heteroatoms. The van der Waals surface area contributed by atoms with Gasteiger partial charge in [0.1, 0.15) is 11.5 Å². The minimum absolute atomic E-state index is 0.181. The Morgan fingerprint density at radius 1 is 1.10 bits per heavy atom. The molecular formula is C17H20BrNO2. The first kappa shape index (κ1) is 15.9. The monoisotopic (exact) mass is 349 g/mol. The molecule has 1 unspecified atom stereocenters. The van der Waals surface area contributed by atoms with Crippen molar-refractivity contribution in [2.24, 2.45) is 0 Å². The van der Waals surface area contributed by atoms with E-state index in [-0.39, 0.29) is 6.04 Å². The van der Waals surface area contributed by atoms with E-state index in [4.69, 9.17) is 9.47 Å². The third kappa shape index (κ3) is 3.99. The SMILES string of the molecule is CNC(Cc1cccc(Br)c1)c1ccc(OC)cc1OC. The van der Waals surface area contributed by atoms with Crippen molar-refractivity contribution in [3.63, 3.8) is 0 Å². The van der Waals surface area contributed by atoms with E-state index in [0.717, 1.165) is 28.0 Å². The zero-order valence-corrected chi connectivity index (χ0v) is 14.1. The average molecular weight is 350 g/mol. The predicted molar refractivity (Wildman–Crippen MR) is 89.2 cm³/mol. The Bertz CT molecular complexity index is 601. The lowest BCUT2D eigenvalue weighted by atomic mass is 9.98. The van der Waals surface area contributed by atoms with Crippen LogP contribution in [-0.4, -0.2) is 21.3 Å². The second-order valence-corrected chi connectivity index (χ2v) is 5.70. The molecule has 0 aliphatic heterocycles. The van der Waals surface area contributed by atoms with E-state index in [1.165, 1.54) is 5.56 Å². The second kappa shape index (κ2) is 7.48. The lowest BCUT2D eigenvalue weighted by Gasteiger charge is -2.20. The van der Waals surface area contributed by atoms with Crippen LogP contribution in [0.15, 0.2) is 46.9 Å². The van der Waals surface area contributed by atoms with Crippen LogP contribution >= 0.6 is 15.9 Å². The summed E-state index contributed by atoms with van der Waals surface area (Å²) in [6.07, 6.45) is 0.888. The lowest BCUT2D eigenvalue weighted by molar-refractivity contribution is 0.385. The lowest BCUT2D eigenvalue weighted by Crippen LogP contribution is -2.19. The van der Waals surface area contributed by atoms with Crippen LogP contribution in [0.1, 0.15) is 17.2 Å². The van der Waals surface area contributed by atoms with E-state index in [0.29, 0.717) is 0 Å². The summed E-state index contributed by atoms with van der Waals surface area (Å²) in [6.45, 7) is 0. The van der Waals surface area contributed by atoms with Crippen LogP contribution in [0, 0.1) is 0 Å². The second-order valence-electron chi connectivity index (χ2n) is 4.78. The van der Waals surface area contributed by atoms with Gasteiger partial charge in [0.25, 0.3) is 0 Å². The Morgan fingerprint density at radius 3 is 2.52 bits per heavy atom. The van der Waals surface area contributed by atoms with E-state index in [1.807, 2.05) is 25.2 Å². The first-order valence-corrected chi connectivity index (χ1v) is 7.61. The highest BCUT2D eigenvalue weighted by Gasteiger charge is 2.16. The minimum Gasteiger partial charge on any atom is -0.497 e. The molecule has 0 heterocycles. The molecule has 0 aromatic heterocycles. The number of hydrogen-bond donors (Lipinski definition) is 1. The number of hydrogen-bond acceptors (Lipinski definition) is 3. The zero-order chi connectivity index (χ0) is 15.2. The Hall–Kier alpha value is -1.52. The van der Waals surface area contributed by atoms with Crippen LogP contribution in [0.3, 0.4) is 0 Å². The number of halogens is 1. The molecule has 0 bridgehead atoms. The van der Waals surface area contributed by atoms with Crippen molar-refractivity contribution in [1.29, 1.82) is 0 Å². The number of ether oxygens (including phenoxy) is 2. The fourth-order valence-corrected chi connectivity index (χ4v) is 2.82. The van der Waals surface area contributed by atoms with Gasteiger partial charge in [0.15, 0.2) is 0 Å². The standard InChI is InChI=1S/C17H20BrNO2/c1-19-16(10-12-5-4-6-13(18)9-12)15-8-7-14(20-2)11-17(15)21-3/h4-9,11,16,19H,10H2,1-3H3. The Morgan fingerprint density at radius 2 is 1.90 bits per heavy atom. The summed E-state index contributed by atoms with van der Waals surface area (Å²) in [5.74, 6) is 1.64. The molecule has 21 heavy (non-hydrogen) atoms. The van der Waals surface area contributed by atoms with Gasteiger partial charge in [-0.1, -0.05) is 34.1 Å². The number of rotatable bonds is 6. The maximum Gasteiger partial charge on any atom is 0.127 e. The Labute approximate surface area is 134 Å². The van der Waals surface area contributed by atoms with E-state index >= 15 is 0 Å². The molecule has 0 spiro atoms. The molecule has 1 N–H and O–H groups in total. The van der Waals surface area contributed by atoms with Crippen LogP contribution in [-0.2, 0) is 6.42 Å². The molecule has 2 aromatic rings. The fourth-order valence-electron chi connectivity index (χ4n) is 2.37. The van der Waals surface area contributed by atoms with Crippen molar-refractivity contribution < 1.29 is 9.47 Å². The number of methoxy groups -OCH3 is 2. The van der Waals surface area contributed by atoms with Gasteiger partial charge in [-0.05, 0) is 37.2 Å².